The SMILES string of the molecule is CC(C)Oc1ccccc1C(=O)N1CCOC(C(=O)O)C1. The highest BCUT2D eigenvalue weighted by atomic mass is 16.5. The fourth-order valence-corrected chi connectivity index (χ4v) is 2.15. The van der Waals surface area contributed by atoms with Crippen LogP contribution in [0.25, 0.3) is 0 Å². The fraction of sp³-hybridized carbons (Fsp3) is 0.467. The molecule has 21 heavy (non-hydrogen) atoms. The Hall–Kier alpha value is -2.08. The molecular formula is C15H19NO5. The fourth-order valence-electron chi connectivity index (χ4n) is 2.15. The van der Waals surface area contributed by atoms with Gasteiger partial charge in [0.2, 0.25) is 0 Å². The molecule has 1 aliphatic rings. The molecule has 6 heteroatoms. The monoisotopic (exact) mass is 293 g/mol. The molecule has 0 saturated carbocycles. The lowest BCUT2D eigenvalue weighted by Crippen LogP contribution is -2.48. The molecule has 1 aromatic rings. The van der Waals surface area contributed by atoms with Crippen molar-refractivity contribution in [2.45, 2.75) is 26.1 Å². The molecule has 0 radical (unpaired) electrons. The van der Waals surface area contributed by atoms with E-state index in [4.69, 9.17) is 14.6 Å². The second kappa shape index (κ2) is 6.58. The molecule has 0 bridgehead atoms. The van der Waals surface area contributed by atoms with Crippen molar-refractivity contribution in [1.29, 1.82) is 0 Å². The first kappa shape index (κ1) is 15.3. The lowest BCUT2D eigenvalue weighted by molar-refractivity contribution is -0.154. The molecule has 1 N–H and O–H groups in total. The number of carbonyl (C=O) groups excluding carboxylic acids is 1. The molecule has 0 aliphatic carbocycles. The standard InChI is InChI=1S/C15H19NO5/c1-10(2)21-12-6-4-3-5-11(12)14(17)16-7-8-20-13(9-16)15(18)19/h3-6,10,13H,7-9H2,1-2H3,(H,18,19). The Morgan fingerprint density at radius 2 is 2.10 bits per heavy atom. The van der Waals surface area contributed by atoms with Crippen molar-refractivity contribution in [2.24, 2.45) is 0 Å². The first-order chi connectivity index (χ1) is 9.99. The maximum atomic E-state index is 12.6. The Labute approximate surface area is 123 Å². The summed E-state index contributed by atoms with van der Waals surface area (Å²) in [6.07, 6.45) is -1.02. The zero-order valence-electron chi connectivity index (χ0n) is 12.1. The van der Waals surface area contributed by atoms with Crippen molar-refractivity contribution >= 4 is 11.9 Å². The summed E-state index contributed by atoms with van der Waals surface area (Å²) in [5.41, 5.74) is 0.442. The Bertz CT molecular complexity index is 529. The van der Waals surface area contributed by atoms with Gasteiger partial charge < -0.3 is 19.5 Å². The summed E-state index contributed by atoms with van der Waals surface area (Å²) in [7, 11) is 0. The van der Waals surface area contributed by atoms with E-state index in [0.29, 0.717) is 17.9 Å². The third kappa shape index (κ3) is 3.72. The number of carbonyl (C=O) groups is 2. The molecule has 1 heterocycles. The van der Waals surface area contributed by atoms with Gasteiger partial charge in [-0.3, -0.25) is 4.79 Å². The molecule has 0 spiro atoms. The number of rotatable bonds is 4. The van der Waals surface area contributed by atoms with E-state index >= 15 is 0 Å². The first-order valence-electron chi connectivity index (χ1n) is 6.88. The maximum absolute atomic E-state index is 12.6. The van der Waals surface area contributed by atoms with Crippen molar-refractivity contribution in [3.63, 3.8) is 0 Å². The number of benzene rings is 1. The summed E-state index contributed by atoms with van der Waals surface area (Å²) in [5.74, 6) is -0.782. The van der Waals surface area contributed by atoms with Gasteiger partial charge in [0, 0.05) is 6.54 Å². The largest absolute Gasteiger partial charge is 0.490 e. The number of nitrogens with zero attached hydrogens (tertiary/aromatic N) is 1. The summed E-state index contributed by atoms with van der Waals surface area (Å²) in [6, 6.07) is 6.98. The third-order valence-corrected chi connectivity index (χ3v) is 3.11. The average Bonchev–Trinajstić information content (AvgIpc) is 2.46. The molecule has 2 rings (SSSR count). The van der Waals surface area contributed by atoms with Crippen LogP contribution in [0.1, 0.15) is 24.2 Å². The van der Waals surface area contributed by atoms with Gasteiger partial charge in [-0.25, -0.2) is 4.79 Å². The van der Waals surface area contributed by atoms with E-state index in [9.17, 15) is 9.59 Å². The van der Waals surface area contributed by atoms with Crippen molar-refractivity contribution in [2.75, 3.05) is 19.7 Å². The summed E-state index contributed by atoms with van der Waals surface area (Å²) in [6.45, 7) is 4.41. The quantitative estimate of drug-likeness (QED) is 0.908. The number of para-hydroxylation sites is 1. The third-order valence-electron chi connectivity index (χ3n) is 3.11. The number of amides is 1. The van der Waals surface area contributed by atoms with E-state index in [2.05, 4.69) is 0 Å². The summed E-state index contributed by atoms with van der Waals surface area (Å²) >= 11 is 0. The van der Waals surface area contributed by atoms with Crippen LogP contribution in [0.5, 0.6) is 5.75 Å². The van der Waals surface area contributed by atoms with Crippen LogP contribution in [-0.2, 0) is 9.53 Å². The van der Waals surface area contributed by atoms with Crippen LogP contribution >= 0.6 is 0 Å². The Kier molecular flexibility index (Phi) is 4.80. The molecule has 1 aromatic carbocycles. The van der Waals surface area contributed by atoms with Crippen LogP contribution in [0.3, 0.4) is 0 Å². The minimum absolute atomic E-state index is 0.0458. The van der Waals surface area contributed by atoms with E-state index in [-0.39, 0.29) is 25.2 Å². The zero-order chi connectivity index (χ0) is 15.4. The van der Waals surface area contributed by atoms with Gasteiger partial charge in [0.1, 0.15) is 5.75 Å². The number of aliphatic carboxylic acids is 1. The van der Waals surface area contributed by atoms with Gasteiger partial charge in [-0.1, -0.05) is 12.1 Å². The molecule has 1 aliphatic heterocycles. The van der Waals surface area contributed by atoms with Crippen molar-refractivity contribution in [3.8, 4) is 5.75 Å². The van der Waals surface area contributed by atoms with Crippen LogP contribution in [-0.4, -0.2) is 53.8 Å². The first-order valence-corrected chi connectivity index (χ1v) is 6.88. The number of hydrogen-bond donors (Lipinski definition) is 1. The minimum atomic E-state index is -1.06. The minimum Gasteiger partial charge on any atom is -0.490 e. The lowest BCUT2D eigenvalue weighted by Gasteiger charge is -2.31. The Balaban J connectivity index is 2.18. The van der Waals surface area contributed by atoms with Crippen LogP contribution in [0.2, 0.25) is 0 Å². The van der Waals surface area contributed by atoms with E-state index in [1.54, 1.807) is 24.3 Å². The van der Waals surface area contributed by atoms with Crippen molar-refractivity contribution in [3.05, 3.63) is 29.8 Å². The molecular weight excluding hydrogens is 274 g/mol. The molecule has 114 valence electrons. The highest BCUT2D eigenvalue weighted by Gasteiger charge is 2.30. The van der Waals surface area contributed by atoms with Crippen molar-refractivity contribution in [1.82, 2.24) is 4.90 Å². The molecule has 1 fully saturated rings. The number of hydrogen-bond acceptors (Lipinski definition) is 4. The maximum Gasteiger partial charge on any atom is 0.334 e. The summed E-state index contributed by atoms with van der Waals surface area (Å²) in [5, 5.41) is 8.99. The molecule has 1 amide bonds. The van der Waals surface area contributed by atoms with E-state index in [1.165, 1.54) is 4.90 Å². The van der Waals surface area contributed by atoms with E-state index in [0.717, 1.165) is 0 Å². The average molecular weight is 293 g/mol. The normalized spacial score (nSPS) is 18.6. The molecule has 1 unspecified atom stereocenters. The second-order valence-corrected chi connectivity index (χ2v) is 5.11. The van der Waals surface area contributed by atoms with Gasteiger partial charge >= 0.3 is 5.97 Å². The summed E-state index contributed by atoms with van der Waals surface area (Å²) < 4.78 is 10.8. The predicted octanol–water partition coefficient (Wildman–Crippen LogP) is 1.40. The van der Waals surface area contributed by atoms with Gasteiger partial charge in [0.05, 0.1) is 24.8 Å². The summed E-state index contributed by atoms with van der Waals surface area (Å²) in [4.78, 5) is 25.0. The molecule has 1 saturated heterocycles. The molecule has 0 aromatic heterocycles. The second-order valence-electron chi connectivity index (χ2n) is 5.11. The van der Waals surface area contributed by atoms with Gasteiger partial charge in [-0.15, -0.1) is 0 Å². The van der Waals surface area contributed by atoms with Gasteiger partial charge in [-0.2, -0.15) is 0 Å². The van der Waals surface area contributed by atoms with Crippen LogP contribution in [0.4, 0.5) is 0 Å². The molecule has 6 nitrogen and oxygen atoms in total. The highest BCUT2D eigenvalue weighted by molar-refractivity contribution is 5.97. The van der Waals surface area contributed by atoms with Gasteiger partial charge in [-0.05, 0) is 26.0 Å². The van der Waals surface area contributed by atoms with Crippen molar-refractivity contribution < 1.29 is 24.2 Å². The van der Waals surface area contributed by atoms with Crippen LogP contribution < -0.4 is 4.74 Å². The number of carboxylic acids is 1. The number of carboxylic acid groups (broad SMARTS) is 1. The van der Waals surface area contributed by atoms with E-state index < -0.39 is 12.1 Å². The topological polar surface area (TPSA) is 76.1 Å². The molecule has 1 atom stereocenters. The Morgan fingerprint density at radius 1 is 1.38 bits per heavy atom. The van der Waals surface area contributed by atoms with Gasteiger partial charge in [0.15, 0.2) is 6.10 Å². The van der Waals surface area contributed by atoms with Gasteiger partial charge in [0.25, 0.3) is 5.91 Å². The smallest absolute Gasteiger partial charge is 0.334 e. The highest BCUT2D eigenvalue weighted by Crippen LogP contribution is 2.22. The lowest BCUT2D eigenvalue weighted by atomic mass is 10.1. The zero-order valence-corrected chi connectivity index (χ0v) is 12.1. The Morgan fingerprint density at radius 3 is 2.76 bits per heavy atom. The predicted molar refractivity (Wildman–Crippen MR) is 75.5 cm³/mol. The van der Waals surface area contributed by atoms with E-state index in [1.807, 2.05) is 13.8 Å². The number of morpholine rings is 1. The van der Waals surface area contributed by atoms with Crippen LogP contribution in [0.15, 0.2) is 24.3 Å². The number of ether oxygens (including phenoxy) is 2. The van der Waals surface area contributed by atoms with Crippen LogP contribution in [0, 0.1) is 0 Å².